The topological polar surface area (TPSA) is 56.7 Å². The van der Waals surface area contributed by atoms with Crippen LogP contribution in [0.25, 0.3) is 0 Å². The van der Waals surface area contributed by atoms with Gasteiger partial charge in [-0.1, -0.05) is 0 Å². The highest BCUT2D eigenvalue weighted by atomic mass is 16.5. The minimum absolute atomic E-state index is 0.184. The van der Waals surface area contributed by atoms with E-state index in [4.69, 9.17) is 4.42 Å². The molecule has 0 fully saturated rings. The Labute approximate surface area is 117 Å². The Morgan fingerprint density at radius 3 is 2.50 bits per heavy atom. The first-order valence-corrected chi connectivity index (χ1v) is 6.15. The van der Waals surface area contributed by atoms with Gasteiger partial charge >= 0.3 is 5.97 Å². The number of furan rings is 1. The maximum Gasteiger partial charge on any atom is 0.373 e. The van der Waals surface area contributed by atoms with Gasteiger partial charge in [-0.05, 0) is 24.3 Å². The molecule has 0 bridgehead atoms. The number of anilines is 1. The quantitative estimate of drug-likeness (QED) is 0.666. The summed E-state index contributed by atoms with van der Waals surface area (Å²) >= 11 is 0. The Hall–Kier alpha value is -2.56. The Morgan fingerprint density at radius 1 is 1.20 bits per heavy atom. The molecule has 2 aromatic rings. The first kappa shape index (κ1) is 13.9. The second-order valence-electron chi connectivity index (χ2n) is 4.42. The number of hydrogen-bond donors (Lipinski definition) is 1. The lowest BCUT2D eigenvalue weighted by atomic mass is 10.3. The molecule has 0 spiro atoms. The lowest BCUT2D eigenvalue weighted by molar-refractivity contribution is -0.347. The van der Waals surface area contributed by atoms with Crippen LogP contribution >= 0.6 is 0 Å². The number of nitrogens with zero attached hydrogens (tertiary/aromatic N) is 1. The Balaban J connectivity index is 2.09. The third kappa shape index (κ3) is 3.26. The van der Waals surface area contributed by atoms with Gasteiger partial charge in [0.05, 0.1) is 7.11 Å². The molecule has 0 radical (unpaired) electrons. The number of nitrogens with one attached hydrogen (secondary N) is 1. The van der Waals surface area contributed by atoms with Crippen molar-refractivity contribution in [3.05, 3.63) is 47.9 Å². The van der Waals surface area contributed by atoms with Crippen molar-refractivity contribution >= 4 is 23.6 Å². The van der Waals surface area contributed by atoms with Gasteiger partial charge in [0.15, 0.2) is 5.76 Å². The van der Waals surface area contributed by atoms with Crippen LogP contribution < -0.4 is 9.89 Å². The Kier molecular flexibility index (Phi) is 4.20. The van der Waals surface area contributed by atoms with E-state index in [-0.39, 0.29) is 5.76 Å². The van der Waals surface area contributed by atoms with E-state index in [9.17, 15) is 4.79 Å². The van der Waals surface area contributed by atoms with Gasteiger partial charge in [0.2, 0.25) is 17.7 Å². The van der Waals surface area contributed by atoms with E-state index in [0.717, 1.165) is 11.4 Å². The largest absolute Gasteiger partial charge is 0.463 e. The maximum absolute atomic E-state index is 11.2. The van der Waals surface area contributed by atoms with Gasteiger partial charge < -0.3 is 14.1 Å². The molecule has 1 heterocycles. The lowest BCUT2D eigenvalue weighted by Crippen LogP contribution is -2.61. The highest BCUT2D eigenvalue weighted by molar-refractivity contribution is 5.87. The normalized spacial score (nSPS) is 10.8. The third-order valence-corrected chi connectivity index (χ3v) is 2.78. The predicted octanol–water partition coefficient (Wildman–Crippen LogP) is 0.963. The number of benzene rings is 1. The number of hydrogen-bond acceptors (Lipinski definition) is 4. The SMILES string of the molecule is COC(=O)c1ccc(C=[NH+]c2ccc(N(C)C)cc2)o1. The molecule has 0 atom stereocenters. The molecule has 1 aromatic heterocycles. The number of carbonyl (C=O) groups excluding carboxylic acids is 1. The van der Waals surface area contributed by atoms with Gasteiger partial charge in [-0.2, -0.15) is 0 Å². The van der Waals surface area contributed by atoms with Crippen molar-refractivity contribution < 1.29 is 18.9 Å². The van der Waals surface area contributed by atoms with Gasteiger partial charge in [-0.15, -0.1) is 0 Å². The molecule has 0 saturated heterocycles. The highest BCUT2D eigenvalue weighted by Crippen LogP contribution is 2.12. The average molecular weight is 273 g/mol. The molecular formula is C15H17N2O3+. The number of esters is 1. The van der Waals surface area contributed by atoms with Crippen molar-refractivity contribution in [3.63, 3.8) is 0 Å². The maximum atomic E-state index is 11.2. The van der Waals surface area contributed by atoms with E-state index in [1.807, 2.05) is 43.3 Å². The van der Waals surface area contributed by atoms with Gasteiger partial charge in [-0.3, -0.25) is 0 Å². The minimum Gasteiger partial charge on any atom is -0.463 e. The lowest BCUT2D eigenvalue weighted by Gasteiger charge is -2.10. The summed E-state index contributed by atoms with van der Waals surface area (Å²) in [4.78, 5) is 16.4. The summed E-state index contributed by atoms with van der Waals surface area (Å²) in [6.45, 7) is 0. The van der Waals surface area contributed by atoms with Crippen LogP contribution in [0.4, 0.5) is 11.4 Å². The van der Waals surface area contributed by atoms with Crippen molar-refractivity contribution in [2.45, 2.75) is 0 Å². The summed E-state index contributed by atoms with van der Waals surface area (Å²) in [5.74, 6) is 0.255. The van der Waals surface area contributed by atoms with E-state index in [1.54, 1.807) is 18.3 Å². The second-order valence-corrected chi connectivity index (χ2v) is 4.42. The van der Waals surface area contributed by atoms with Crippen LogP contribution in [0.1, 0.15) is 16.3 Å². The van der Waals surface area contributed by atoms with Crippen molar-refractivity contribution in [2.75, 3.05) is 26.1 Å². The first-order valence-electron chi connectivity index (χ1n) is 6.15. The summed E-state index contributed by atoms with van der Waals surface area (Å²) in [7, 11) is 5.30. The van der Waals surface area contributed by atoms with Crippen molar-refractivity contribution in [3.8, 4) is 0 Å². The molecule has 2 rings (SSSR count). The van der Waals surface area contributed by atoms with Gasteiger partial charge in [0, 0.05) is 31.9 Å². The molecule has 1 aromatic carbocycles. The molecule has 1 N–H and O–H groups in total. The second kappa shape index (κ2) is 6.06. The summed E-state index contributed by atoms with van der Waals surface area (Å²) in [5.41, 5.74) is 2.06. The van der Waals surface area contributed by atoms with Crippen LogP contribution in [0.5, 0.6) is 0 Å². The molecule has 0 saturated carbocycles. The van der Waals surface area contributed by atoms with Gasteiger partial charge in [-0.25, -0.2) is 9.79 Å². The van der Waals surface area contributed by atoms with Gasteiger partial charge in [0.25, 0.3) is 0 Å². The molecule has 0 aliphatic rings. The smallest absolute Gasteiger partial charge is 0.373 e. The van der Waals surface area contributed by atoms with Crippen LogP contribution in [0.2, 0.25) is 0 Å². The van der Waals surface area contributed by atoms with E-state index in [2.05, 4.69) is 9.73 Å². The van der Waals surface area contributed by atoms with Crippen LogP contribution in [-0.2, 0) is 4.74 Å². The molecule has 0 amide bonds. The molecule has 0 aliphatic heterocycles. The number of carbonyl (C=O) groups is 1. The molecule has 0 unspecified atom stereocenters. The monoisotopic (exact) mass is 273 g/mol. The molecular weight excluding hydrogens is 256 g/mol. The summed E-state index contributed by atoms with van der Waals surface area (Å²) in [6.07, 6.45) is 1.69. The predicted molar refractivity (Wildman–Crippen MR) is 76.6 cm³/mol. The van der Waals surface area contributed by atoms with E-state index < -0.39 is 5.97 Å². The molecule has 20 heavy (non-hydrogen) atoms. The fourth-order valence-corrected chi connectivity index (χ4v) is 1.65. The van der Waals surface area contributed by atoms with Crippen LogP contribution in [0.15, 0.2) is 40.8 Å². The zero-order chi connectivity index (χ0) is 14.5. The molecule has 0 aliphatic carbocycles. The van der Waals surface area contributed by atoms with Crippen LogP contribution in [0.3, 0.4) is 0 Å². The highest BCUT2D eigenvalue weighted by Gasteiger charge is 2.11. The fourth-order valence-electron chi connectivity index (χ4n) is 1.65. The third-order valence-electron chi connectivity index (χ3n) is 2.78. The summed E-state index contributed by atoms with van der Waals surface area (Å²) in [6, 6.07) is 11.2. The van der Waals surface area contributed by atoms with Crippen LogP contribution in [0, 0.1) is 0 Å². The van der Waals surface area contributed by atoms with Crippen molar-refractivity contribution in [2.24, 2.45) is 0 Å². The standard InChI is InChI=1S/C15H16N2O3/c1-17(2)12-6-4-11(5-7-12)16-10-13-8-9-14(20-13)15(18)19-3/h4-10H,1-3H3/p+1. The first-order chi connectivity index (χ1) is 9.60. The number of methoxy groups -OCH3 is 1. The zero-order valence-electron chi connectivity index (χ0n) is 11.7. The number of rotatable bonds is 4. The Morgan fingerprint density at radius 2 is 1.90 bits per heavy atom. The number of ether oxygens (including phenoxy) is 1. The average Bonchev–Trinajstić information content (AvgIpc) is 2.93. The van der Waals surface area contributed by atoms with Crippen LogP contribution in [-0.4, -0.2) is 33.4 Å². The van der Waals surface area contributed by atoms with E-state index >= 15 is 0 Å². The van der Waals surface area contributed by atoms with Crippen molar-refractivity contribution in [1.29, 1.82) is 0 Å². The molecule has 5 nitrogen and oxygen atoms in total. The fraction of sp³-hybridized carbons (Fsp3) is 0.200. The molecule has 104 valence electrons. The van der Waals surface area contributed by atoms with E-state index in [1.165, 1.54) is 7.11 Å². The van der Waals surface area contributed by atoms with Crippen molar-refractivity contribution in [1.82, 2.24) is 0 Å². The Bertz CT molecular complexity index is 612. The van der Waals surface area contributed by atoms with E-state index in [0.29, 0.717) is 5.76 Å². The zero-order valence-corrected chi connectivity index (χ0v) is 11.7. The summed E-state index contributed by atoms with van der Waals surface area (Å²) in [5, 5.41) is 0. The minimum atomic E-state index is -0.486. The summed E-state index contributed by atoms with van der Waals surface area (Å²) < 4.78 is 9.90. The molecule has 5 heteroatoms. The van der Waals surface area contributed by atoms with Gasteiger partial charge in [0.1, 0.15) is 0 Å².